The molecule has 4 rings (SSSR count). The van der Waals surface area contributed by atoms with Crippen LogP contribution in [0.15, 0.2) is 29.1 Å². The Hall–Kier alpha value is -1.66. The predicted molar refractivity (Wildman–Crippen MR) is 104 cm³/mol. The molecule has 4 heterocycles. The SMILES string of the molecule is CC(C)n1nccc1[C@@H]1CN(Cc2ccsc2)C[C@]12CCCN(C)C2=O. The summed E-state index contributed by atoms with van der Waals surface area (Å²) in [4.78, 5) is 17.8. The molecule has 1 spiro atoms. The monoisotopic (exact) mass is 372 g/mol. The van der Waals surface area contributed by atoms with Crippen LogP contribution < -0.4 is 0 Å². The summed E-state index contributed by atoms with van der Waals surface area (Å²) in [5.41, 5.74) is 2.26. The standard InChI is InChI=1S/C20H28N4OS/c1-15(2)24-18(5-8-21-24)17-12-23(11-16-6-10-26-13-16)14-20(17)7-4-9-22(3)19(20)25/h5-6,8,10,13,15,17H,4,7,9,11-12,14H2,1-3H3/t17-,20+/m0/s1. The highest BCUT2D eigenvalue weighted by molar-refractivity contribution is 7.07. The molecule has 2 aliphatic rings. The van der Waals surface area contributed by atoms with Crippen molar-refractivity contribution in [2.24, 2.45) is 5.41 Å². The van der Waals surface area contributed by atoms with E-state index in [0.717, 1.165) is 39.0 Å². The van der Waals surface area contributed by atoms with Gasteiger partial charge in [0.15, 0.2) is 0 Å². The fraction of sp³-hybridized carbons (Fsp3) is 0.600. The fourth-order valence-electron chi connectivity index (χ4n) is 4.87. The Morgan fingerprint density at radius 1 is 1.38 bits per heavy atom. The zero-order valence-corrected chi connectivity index (χ0v) is 16.7. The van der Waals surface area contributed by atoms with Gasteiger partial charge in [-0.15, -0.1) is 0 Å². The van der Waals surface area contributed by atoms with Gasteiger partial charge in [-0.2, -0.15) is 16.4 Å². The van der Waals surface area contributed by atoms with E-state index in [-0.39, 0.29) is 11.3 Å². The molecule has 0 N–H and O–H groups in total. The minimum absolute atomic E-state index is 0.210. The number of amides is 1. The molecule has 26 heavy (non-hydrogen) atoms. The average molecular weight is 373 g/mol. The highest BCUT2D eigenvalue weighted by atomic mass is 32.1. The van der Waals surface area contributed by atoms with E-state index >= 15 is 0 Å². The van der Waals surface area contributed by atoms with Gasteiger partial charge in [-0.3, -0.25) is 14.4 Å². The van der Waals surface area contributed by atoms with E-state index in [2.05, 4.69) is 51.4 Å². The highest BCUT2D eigenvalue weighted by Gasteiger charge is 2.55. The zero-order valence-electron chi connectivity index (χ0n) is 15.9. The van der Waals surface area contributed by atoms with Crippen molar-refractivity contribution >= 4 is 17.2 Å². The third-order valence-electron chi connectivity index (χ3n) is 6.04. The molecule has 5 nitrogen and oxygen atoms in total. The predicted octanol–water partition coefficient (Wildman–Crippen LogP) is 3.36. The van der Waals surface area contributed by atoms with Crippen molar-refractivity contribution in [3.8, 4) is 0 Å². The van der Waals surface area contributed by atoms with Crippen LogP contribution in [0.25, 0.3) is 0 Å². The van der Waals surface area contributed by atoms with Crippen LogP contribution in [0, 0.1) is 5.41 Å². The number of aromatic nitrogens is 2. The Morgan fingerprint density at radius 2 is 2.23 bits per heavy atom. The van der Waals surface area contributed by atoms with E-state index in [1.54, 1.807) is 11.3 Å². The van der Waals surface area contributed by atoms with Gasteiger partial charge in [-0.1, -0.05) is 0 Å². The second-order valence-corrected chi connectivity index (χ2v) is 8.91. The van der Waals surface area contributed by atoms with Gasteiger partial charge in [-0.05, 0) is 55.1 Å². The van der Waals surface area contributed by atoms with Gasteiger partial charge in [0.05, 0.1) is 5.41 Å². The topological polar surface area (TPSA) is 41.4 Å². The Labute approximate surface area is 159 Å². The second kappa shape index (κ2) is 6.82. The lowest BCUT2D eigenvalue weighted by Gasteiger charge is -2.41. The summed E-state index contributed by atoms with van der Waals surface area (Å²) < 4.78 is 2.11. The van der Waals surface area contributed by atoms with E-state index in [1.165, 1.54) is 11.3 Å². The third kappa shape index (κ3) is 2.89. The molecule has 0 aliphatic carbocycles. The summed E-state index contributed by atoms with van der Waals surface area (Å²) >= 11 is 1.74. The second-order valence-electron chi connectivity index (χ2n) is 8.13. The summed E-state index contributed by atoms with van der Waals surface area (Å²) in [6, 6.07) is 4.62. The lowest BCUT2D eigenvalue weighted by Crippen LogP contribution is -2.50. The maximum atomic E-state index is 13.4. The minimum Gasteiger partial charge on any atom is -0.345 e. The fourth-order valence-corrected chi connectivity index (χ4v) is 5.53. The number of hydrogen-bond acceptors (Lipinski definition) is 4. The Bertz CT molecular complexity index is 769. The van der Waals surface area contributed by atoms with Crippen LogP contribution in [-0.4, -0.2) is 52.2 Å². The first-order valence-electron chi connectivity index (χ1n) is 9.53. The lowest BCUT2D eigenvalue weighted by atomic mass is 9.70. The Balaban J connectivity index is 1.70. The number of hydrogen-bond donors (Lipinski definition) is 0. The molecule has 2 aliphatic heterocycles. The van der Waals surface area contributed by atoms with Crippen molar-refractivity contribution in [1.82, 2.24) is 19.6 Å². The maximum absolute atomic E-state index is 13.4. The normalized spacial score (nSPS) is 27.2. The Kier molecular flexibility index (Phi) is 4.65. The summed E-state index contributed by atoms with van der Waals surface area (Å²) in [5, 5.41) is 8.90. The van der Waals surface area contributed by atoms with E-state index in [4.69, 9.17) is 0 Å². The van der Waals surface area contributed by atoms with Crippen LogP contribution in [0.5, 0.6) is 0 Å². The zero-order chi connectivity index (χ0) is 18.3. The van der Waals surface area contributed by atoms with Crippen molar-refractivity contribution in [2.75, 3.05) is 26.7 Å². The van der Waals surface area contributed by atoms with Gasteiger partial charge in [-0.25, -0.2) is 0 Å². The molecule has 2 aromatic rings. The first kappa shape index (κ1) is 17.7. The molecule has 1 amide bonds. The van der Waals surface area contributed by atoms with Gasteiger partial charge in [0.25, 0.3) is 0 Å². The van der Waals surface area contributed by atoms with Crippen LogP contribution in [-0.2, 0) is 11.3 Å². The molecule has 0 unspecified atom stereocenters. The van der Waals surface area contributed by atoms with Crippen molar-refractivity contribution in [2.45, 2.75) is 45.2 Å². The molecule has 0 radical (unpaired) electrons. The number of piperidine rings is 1. The summed E-state index contributed by atoms with van der Waals surface area (Å²) in [5.74, 6) is 0.527. The molecule has 0 bridgehead atoms. The molecule has 2 fully saturated rings. The molecular weight excluding hydrogens is 344 g/mol. The highest BCUT2D eigenvalue weighted by Crippen LogP contribution is 2.49. The number of thiophene rings is 1. The van der Waals surface area contributed by atoms with Crippen LogP contribution in [0.1, 0.15) is 49.9 Å². The van der Waals surface area contributed by atoms with E-state index in [1.807, 2.05) is 18.1 Å². The summed E-state index contributed by atoms with van der Waals surface area (Å²) in [7, 11) is 1.96. The van der Waals surface area contributed by atoms with E-state index in [9.17, 15) is 4.79 Å². The molecule has 2 saturated heterocycles. The van der Waals surface area contributed by atoms with E-state index < -0.39 is 0 Å². The van der Waals surface area contributed by atoms with Crippen LogP contribution in [0.3, 0.4) is 0 Å². The maximum Gasteiger partial charge on any atom is 0.230 e. The summed E-state index contributed by atoms with van der Waals surface area (Å²) in [6.07, 6.45) is 3.95. The summed E-state index contributed by atoms with van der Waals surface area (Å²) in [6.45, 7) is 7.90. The van der Waals surface area contributed by atoms with Gasteiger partial charge in [0.2, 0.25) is 5.91 Å². The largest absolute Gasteiger partial charge is 0.345 e. The molecule has 0 aromatic carbocycles. The lowest BCUT2D eigenvalue weighted by molar-refractivity contribution is -0.145. The molecule has 2 aromatic heterocycles. The van der Waals surface area contributed by atoms with Crippen LogP contribution in [0.4, 0.5) is 0 Å². The number of nitrogens with zero attached hydrogens (tertiary/aromatic N) is 4. The first-order chi connectivity index (χ1) is 12.5. The van der Waals surface area contributed by atoms with Crippen molar-refractivity contribution in [1.29, 1.82) is 0 Å². The van der Waals surface area contributed by atoms with Gasteiger partial charge in [0, 0.05) is 57.1 Å². The van der Waals surface area contributed by atoms with E-state index in [0.29, 0.717) is 11.9 Å². The number of carbonyl (C=O) groups excluding carboxylic acids is 1. The first-order valence-corrected chi connectivity index (χ1v) is 10.5. The van der Waals surface area contributed by atoms with Gasteiger partial charge in [0.1, 0.15) is 0 Å². The average Bonchev–Trinajstić information content (AvgIpc) is 3.32. The number of likely N-dealkylation sites (tertiary alicyclic amines) is 2. The molecular formula is C20H28N4OS. The van der Waals surface area contributed by atoms with Gasteiger partial charge < -0.3 is 4.90 Å². The third-order valence-corrected chi connectivity index (χ3v) is 6.77. The van der Waals surface area contributed by atoms with Crippen molar-refractivity contribution in [3.05, 3.63) is 40.3 Å². The van der Waals surface area contributed by atoms with Gasteiger partial charge >= 0.3 is 0 Å². The molecule has 0 saturated carbocycles. The van der Waals surface area contributed by atoms with Crippen LogP contribution in [0.2, 0.25) is 0 Å². The molecule has 6 heteroatoms. The molecule has 140 valence electrons. The minimum atomic E-state index is -0.310. The Morgan fingerprint density at radius 3 is 2.96 bits per heavy atom. The number of carbonyl (C=O) groups is 1. The smallest absolute Gasteiger partial charge is 0.230 e. The van der Waals surface area contributed by atoms with Crippen molar-refractivity contribution < 1.29 is 4.79 Å². The number of rotatable bonds is 4. The van der Waals surface area contributed by atoms with Crippen LogP contribution >= 0.6 is 11.3 Å². The quantitative estimate of drug-likeness (QED) is 0.826. The van der Waals surface area contributed by atoms with Crippen molar-refractivity contribution in [3.63, 3.8) is 0 Å². The molecule has 2 atom stereocenters.